The van der Waals surface area contributed by atoms with Crippen LogP contribution in [0.1, 0.15) is 478 Å². The van der Waals surface area contributed by atoms with E-state index >= 15 is 0 Å². The van der Waals surface area contributed by atoms with Gasteiger partial charge in [-0.2, -0.15) is 0 Å². The fraction of sp³-hybridized carbons (Fsp3) is 0.859. The van der Waals surface area contributed by atoms with Crippen molar-refractivity contribution in [3.63, 3.8) is 0 Å². The molecule has 2 aromatic carbocycles. The van der Waals surface area contributed by atoms with Gasteiger partial charge in [0.05, 0.1) is 51.5 Å². The topological polar surface area (TPSA) is 117 Å². The number of hydrogen-bond donors (Lipinski definition) is 4. The molecule has 4 N–H and O–H groups in total. The third kappa shape index (κ3) is 55.9. The van der Waals surface area contributed by atoms with E-state index in [1.54, 1.807) is 0 Å². The van der Waals surface area contributed by atoms with Crippen LogP contribution in [0.2, 0.25) is 0 Å². The minimum atomic E-state index is -0.903. The molecule has 2 atom stereocenters. The fourth-order valence-electron chi connectivity index (χ4n) is 17.6. The molecule has 2 unspecified atom stereocenters. The highest BCUT2D eigenvalue weighted by Gasteiger charge is 2.42. The van der Waals surface area contributed by atoms with Crippen LogP contribution in [0.25, 0.3) is 0 Å². The molecule has 2 aromatic rings. The molecule has 0 fully saturated rings. The largest absolute Gasteiger partial charge is 0.443 e. The number of unbranched alkanes of at least 4 members (excludes halogenated alkanes) is 54. The van der Waals surface area contributed by atoms with Crippen molar-refractivity contribution in [2.24, 2.45) is 0 Å². The van der Waals surface area contributed by atoms with Gasteiger partial charge in [-0.3, -0.25) is 10.6 Å². The molecule has 0 saturated heterocycles. The van der Waals surface area contributed by atoms with Crippen LogP contribution in [-0.2, 0) is 15.9 Å². The average molecular weight is 1530 g/mol. The van der Waals surface area contributed by atoms with Crippen molar-refractivity contribution in [3.8, 4) is 0 Å². The summed E-state index contributed by atoms with van der Waals surface area (Å²) in [6, 6.07) is 16.1. The van der Waals surface area contributed by atoms with E-state index in [0.717, 1.165) is 59.4 Å². The predicted molar refractivity (Wildman–Crippen MR) is 476 cm³/mol. The van der Waals surface area contributed by atoms with Crippen LogP contribution in [0.4, 0.5) is 21.0 Å². The molecule has 0 heterocycles. The van der Waals surface area contributed by atoms with E-state index in [4.69, 9.17) is 9.47 Å². The Morgan fingerprint density at radius 1 is 0.321 bits per heavy atom. The maximum atomic E-state index is 14.0. The van der Waals surface area contributed by atoms with Crippen LogP contribution >= 0.6 is 0 Å². The normalized spacial score (nSPS) is 12.8. The Morgan fingerprint density at radius 2 is 0.541 bits per heavy atom. The van der Waals surface area contributed by atoms with E-state index in [-0.39, 0.29) is 25.3 Å². The minimum Gasteiger partial charge on any atom is -0.443 e. The number of carbonyl (C=O) groups is 2. The van der Waals surface area contributed by atoms with E-state index in [1.807, 2.05) is 38.1 Å². The van der Waals surface area contributed by atoms with Gasteiger partial charge in [0.1, 0.15) is 24.3 Å². The third-order valence-electron chi connectivity index (χ3n) is 24.5. The van der Waals surface area contributed by atoms with Crippen molar-refractivity contribution < 1.29 is 38.2 Å². The summed E-state index contributed by atoms with van der Waals surface area (Å²) in [5, 5.41) is 29.5. The quantitative estimate of drug-likeness (QED) is 0.0387. The molecule has 0 bridgehead atoms. The Morgan fingerprint density at radius 3 is 0.771 bits per heavy atom. The predicted octanol–water partition coefficient (Wildman–Crippen LogP) is 30.6. The Labute approximate surface area is 677 Å². The van der Waals surface area contributed by atoms with E-state index in [0.29, 0.717) is 30.6 Å². The number of carbonyl (C=O) groups excluding carboxylic acids is 2. The molecule has 10 heteroatoms. The first kappa shape index (κ1) is 102. The van der Waals surface area contributed by atoms with Crippen LogP contribution in [-0.4, -0.2) is 107 Å². The van der Waals surface area contributed by atoms with E-state index in [9.17, 15) is 19.8 Å². The summed E-state index contributed by atoms with van der Waals surface area (Å²) in [5.41, 5.74) is 1.91. The zero-order valence-corrected chi connectivity index (χ0v) is 74.4. The molecule has 0 saturated carbocycles. The molecule has 0 radical (unpaired) electrons. The number of anilines is 2. The molecule has 10 nitrogen and oxygen atoms in total. The molecule has 2 rings (SSSR count). The number of aliphatic hydroxyl groups is 2. The standard InChI is InChI=1S/C99H184N4O6/c1-11-17-23-29-35-41-47-53-59-65-79-102(80-66-60-54-48-42-36-30-24-18-12-2,81-67-61-55-49-43-37-31-25-19-13-3)94(88-104)87-99(9,10)109-97(106)101-93-77-73-91(74-78-93)85-90-71-75-92(76-72-90)100-96(105)108-89-95(86-98(7,8)107)103(82-68-62-56-50-44-38-32-26-20-14-4,83-69-63-57-51-45-39-33-27-21-15-5)84-70-64-58-52-46-40-34-28-22-16-6/h71-78,94-95,104,107H,11-70,79-89H2,1-10H3/p+2. The van der Waals surface area contributed by atoms with Gasteiger partial charge in [0.25, 0.3) is 0 Å². The Bertz CT molecular complexity index is 2200. The summed E-state index contributed by atoms with van der Waals surface area (Å²) < 4.78 is 14.6. The smallest absolute Gasteiger partial charge is 0.412 e. The van der Waals surface area contributed by atoms with Crippen molar-refractivity contribution in [2.75, 3.05) is 63.1 Å². The SMILES string of the molecule is CCCCCCCCCCCC[N+](CCCCCCCCCCCC)(CCCCCCCCCCCC)C(COC(=O)Nc1ccc(Cc2ccc(NC(=O)OC(C)(C)CC(CO)[N+](CCCCCCCCCCCC)(CCCCCCCCCCCC)CCCCCCCCCCCC)cc2)cc1)CC(C)(C)O. The lowest BCUT2D eigenvalue weighted by atomic mass is 9.94. The number of amides is 2. The van der Waals surface area contributed by atoms with Gasteiger partial charge in [0.15, 0.2) is 0 Å². The van der Waals surface area contributed by atoms with Gasteiger partial charge < -0.3 is 28.7 Å². The number of aliphatic hydroxyl groups excluding tert-OH is 1. The number of ether oxygens (including phenoxy) is 2. The van der Waals surface area contributed by atoms with Gasteiger partial charge in [-0.1, -0.05) is 374 Å². The van der Waals surface area contributed by atoms with E-state index in [1.165, 1.54) is 385 Å². The summed E-state index contributed by atoms with van der Waals surface area (Å²) in [7, 11) is 0. The second-order valence-electron chi connectivity index (χ2n) is 36.1. The molecule has 0 aliphatic carbocycles. The Balaban J connectivity index is 2.27. The molecule has 0 aliphatic rings. The van der Waals surface area contributed by atoms with Crippen molar-refractivity contribution in [2.45, 2.75) is 497 Å². The lowest BCUT2D eigenvalue weighted by Crippen LogP contribution is -2.60. The van der Waals surface area contributed by atoms with Crippen LogP contribution in [0, 0.1) is 0 Å². The van der Waals surface area contributed by atoms with Gasteiger partial charge in [0, 0.05) is 24.2 Å². The number of nitrogens with one attached hydrogen (secondary N) is 2. The summed E-state index contributed by atoms with van der Waals surface area (Å²) in [6.07, 6.45) is 79.8. The highest BCUT2D eigenvalue weighted by atomic mass is 16.6. The van der Waals surface area contributed by atoms with Gasteiger partial charge in [-0.05, 0) is 147 Å². The maximum absolute atomic E-state index is 14.0. The van der Waals surface area contributed by atoms with Crippen molar-refractivity contribution in [1.29, 1.82) is 0 Å². The number of benzene rings is 2. The zero-order chi connectivity index (χ0) is 79.3. The van der Waals surface area contributed by atoms with Crippen molar-refractivity contribution in [3.05, 3.63) is 59.7 Å². The van der Waals surface area contributed by atoms with Gasteiger partial charge in [0.2, 0.25) is 0 Å². The molecule has 0 aromatic heterocycles. The van der Waals surface area contributed by atoms with Crippen molar-refractivity contribution in [1.82, 2.24) is 0 Å². The minimum absolute atomic E-state index is 0.00525. The molecule has 0 aliphatic heterocycles. The first-order chi connectivity index (χ1) is 53.0. The Hall–Kier alpha value is -3.18. The second-order valence-corrected chi connectivity index (χ2v) is 36.1. The van der Waals surface area contributed by atoms with Crippen LogP contribution < -0.4 is 10.6 Å². The molecule has 109 heavy (non-hydrogen) atoms. The number of hydrogen-bond acceptors (Lipinski definition) is 6. The maximum Gasteiger partial charge on any atom is 0.412 e. The van der Waals surface area contributed by atoms with Gasteiger partial charge in [-0.25, -0.2) is 9.59 Å². The molecule has 636 valence electrons. The molecule has 2 amide bonds. The van der Waals surface area contributed by atoms with Gasteiger partial charge in [-0.15, -0.1) is 0 Å². The third-order valence-corrected chi connectivity index (χ3v) is 24.5. The van der Waals surface area contributed by atoms with Crippen LogP contribution in [0.3, 0.4) is 0 Å². The number of rotatable bonds is 80. The van der Waals surface area contributed by atoms with Gasteiger partial charge >= 0.3 is 12.2 Å². The monoisotopic (exact) mass is 1530 g/mol. The van der Waals surface area contributed by atoms with E-state index in [2.05, 4.69) is 90.3 Å². The summed E-state index contributed by atoms with van der Waals surface area (Å²) in [6.45, 7) is 28.7. The number of nitrogens with zero attached hydrogens (tertiary/aromatic N) is 2. The average Bonchev–Trinajstić information content (AvgIpc) is 0.822. The fourth-order valence-corrected chi connectivity index (χ4v) is 17.6. The Kier molecular flexibility index (Phi) is 64.6. The van der Waals surface area contributed by atoms with Crippen molar-refractivity contribution >= 4 is 23.6 Å². The lowest BCUT2D eigenvalue weighted by Gasteiger charge is -2.47. The summed E-state index contributed by atoms with van der Waals surface area (Å²) >= 11 is 0. The van der Waals surface area contributed by atoms with Crippen LogP contribution in [0.5, 0.6) is 0 Å². The molecular weight excluding hydrogens is 1340 g/mol. The second kappa shape index (κ2) is 69.2. The summed E-state index contributed by atoms with van der Waals surface area (Å²) in [5.74, 6) is 0. The zero-order valence-electron chi connectivity index (χ0n) is 74.4. The lowest BCUT2D eigenvalue weighted by molar-refractivity contribution is -0.953. The first-order valence-electron chi connectivity index (χ1n) is 48.2. The van der Waals surface area contributed by atoms with Crippen LogP contribution in [0.15, 0.2) is 48.5 Å². The van der Waals surface area contributed by atoms with E-state index < -0.39 is 23.4 Å². The first-order valence-corrected chi connectivity index (χ1v) is 48.2. The highest BCUT2D eigenvalue weighted by molar-refractivity contribution is 5.85. The highest BCUT2D eigenvalue weighted by Crippen LogP contribution is 2.33. The molecule has 0 spiro atoms. The number of quaternary nitrogens is 2. The molecular formula is C99H186N4O6+2. The summed E-state index contributed by atoms with van der Waals surface area (Å²) in [4.78, 5) is 28.0.